The smallest absolute Gasteiger partial charge is 0.255 e. The molecule has 1 amide bonds. The summed E-state index contributed by atoms with van der Waals surface area (Å²) in [6.07, 6.45) is 1.97. The second-order valence-electron chi connectivity index (χ2n) is 5.59. The van der Waals surface area contributed by atoms with Gasteiger partial charge in [-0.1, -0.05) is 13.3 Å². The van der Waals surface area contributed by atoms with Crippen molar-refractivity contribution in [3.8, 4) is 23.0 Å². The number of carbonyl (C=O) groups is 1. The van der Waals surface area contributed by atoms with Crippen LogP contribution in [0.15, 0.2) is 36.4 Å². The van der Waals surface area contributed by atoms with Gasteiger partial charge in [0.25, 0.3) is 5.91 Å². The number of anilines is 1. The highest BCUT2D eigenvalue weighted by Gasteiger charge is 2.14. The van der Waals surface area contributed by atoms with Crippen LogP contribution in [0.3, 0.4) is 0 Å². The molecule has 2 aromatic carbocycles. The standard InChI is InChI=1S/C20H25NO5/c1-5-6-11-26-17-10-8-15(23-2)13-16(17)21-20(22)14-7-9-18(24-3)19(12-14)25-4/h7-10,12-13H,5-6,11H2,1-4H3,(H,21,22). The molecule has 2 rings (SSSR count). The molecule has 6 nitrogen and oxygen atoms in total. The molecule has 0 spiro atoms. The van der Waals surface area contributed by atoms with Gasteiger partial charge in [-0.25, -0.2) is 0 Å². The summed E-state index contributed by atoms with van der Waals surface area (Å²) in [4.78, 5) is 12.7. The molecular formula is C20H25NO5. The van der Waals surface area contributed by atoms with Gasteiger partial charge in [-0.05, 0) is 36.8 Å². The number of hydrogen-bond acceptors (Lipinski definition) is 5. The molecule has 0 saturated carbocycles. The van der Waals surface area contributed by atoms with E-state index in [1.54, 1.807) is 50.6 Å². The van der Waals surface area contributed by atoms with Crippen LogP contribution in [0.1, 0.15) is 30.1 Å². The maximum absolute atomic E-state index is 12.7. The van der Waals surface area contributed by atoms with E-state index in [1.807, 2.05) is 0 Å². The van der Waals surface area contributed by atoms with E-state index >= 15 is 0 Å². The fraction of sp³-hybridized carbons (Fsp3) is 0.350. The minimum absolute atomic E-state index is 0.278. The van der Waals surface area contributed by atoms with Crippen molar-refractivity contribution >= 4 is 11.6 Å². The van der Waals surface area contributed by atoms with Gasteiger partial charge in [0.2, 0.25) is 0 Å². The normalized spacial score (nSPS) is 10.2. The van der Waals surface area contributed by atoms with Crippen LogP contribution >= 0.6 is 0 Å². The van der Waals surface area contributed by atoms with Gasteiger partial charge >= 0.3 is 0 Å². The summed E-state index contributed by atoms with van der Waals surface area (Å²) in [7, 11) is 4.65. The van der Waals surface area contributed by atoms with Gasteiger partial charge in [-0.15, -0.1) is 0 Å². The zero-order valence-corrected chi connectivity index (χ0v) is 15.6. The molecule has 0 atom stereocenters. The van der Waals surface area contributed by atoms with Gasteiger partial charge in [0.05, 0.1) is 33.6 Å². The minimum Gasteiger partial charge on any atom is -0.497 e. The summed E-state index contributed by atoms with van der Waals surface area (Å²) in [6, 6.07) is 10.3. The van der Waals surface area contributed by atoms with Crippen molar-refractivity contribution in [2.45, 2.75) is 19.8 Å². The number of carbonyl (C=O) groups excluding carboxylic acids is 1. The first-order valence-corrected chi connectivity index (χ1v) is 8.47. The van der Waals surface area contributed by atoms with Crippen molar-refractivity contribution in [2.75, 3.05) is 33.3 Å². The second kappa shape index (κ2) is 9.56. The first kappa shape index (κ1) is 19.4. The maximum Gasteiger partial charge on any atom is 0.255 e. The van der Waals surface area contributed by atoms with E-state index in [-0.39, 0.29) is 5.91 Å². The predicted octanol–water partition coefficient (Wildman–Crippen LogP) is 4.14. The van der Waals surface area contributed by atoms with Crippen LogP contribution in [0.4, 0.5) is 5.69 Å². The van der Waals surface area contributed by atoms with E-state index in [1.165, 1.54) is 7.11 Å². The monoisotopic (exact) mass is 359 g/mol. The molecule has 0 fully saturated rings. The molecule has 0 unspecified atom stereocenters. The first-order chi connectivity index (χ1) is 12.6. The molecule has 0 bridgehead atoms. The second-order valence-corrected chi connectivity index (χ2v) is 5.59. The van der Waals surface area contributed by atoms with Crippen molar-refractivity contribution < 1.29 is 23.7 Å². The van der Waals surface area contributed by atoms with E-state index in [0.717, 1.165) is 12.8 Å². The number of unbranched alkanes of at least 4 members (excludes halogenated alkanes) is 1. The highest BCUT2D eigenvalue weighted by molar-refractivity contribution is 6.05. The average Bonchev–Trinajstić information content (AvgIpc) is 2.68. The molecule has 26 heavy (non-hydrogen) atoms. The quantitative estimate of drug-likeness (QED) is 0.682. The third kappa shape index (κ3) is 4.81. The molecule has 140 valence electrons. The molecule has 2 aromatic rings. The van der Waals surface area contributed by atoms with E-state index < -0.39 is 0 Å². The van der Waals surface area contributed by atoms with Crippen LogP contribution in [-0.2, 0) is 0 Å². The van der Waals surface area contributed by atoms with Crippen LogP contribution in [-0.4, -0.2) is 33.8 Å². The molecule has 0 aliphatic heterocycles. The zero-order valence-electron chi connectivity index (χ0n) is 15.6. The third-order valence-electron chi connectivity index (χ3n) is 3.84. The Bertz CT molecular complexity index is 745. The van der Waals surface area contributed by atoms with Gasteiger partial charge in [0.1, 0.15) is 11.5 Å². The van der Waals surface area contributed by atoms with Crippen LogP contribution in [0.25, 0.3) is 0 Å². The van der Waals surface area contributed by atoms with Gasteiger partial charge in [-0.2, -0.15) is 0 Å². The Labute approximate surface area is 154 Å². The summed E-state index contributed by atoms with van der Waals surface area (Å²) < 4.78 is 21.5. The van der Waals surface area contributed by atoms with E-state index in [0.29, 0.717) is 40.9 Å². The van der Waals surface area contributed by atoms with Crippen LogP contribution in [0, 0.1) is 0 Å². The fourth-order valence-electron chi connectivity index (χ4n) is 2.36. The highest BCUT2D eigenvalue weighted by Crippen LogP contribution is 2.31. The Morgan fingerprint density at radius 3 is 2.31 bits per heavy atom. The zero-order chi connectivity index (χ0) is 18.9. The molecule has 0 aromatic heterocycles. The van der Waals surface area contributed by atoms with Gasteiger partial charge in [0, 0.05) is 11.6 Å². The minimum atomic E-state index is -0.278. The lowest BCUT2D eigenvalue weighted by atomic mass is 10.1. The molecule has 6 heteroatoms. The maximum atomic E-state index is 12.7. The molecular weight excluding hydrogens is 334 g/mol. The van der Waals surface area contributed by atoms with Crippen molar-refractivity contribution in [1.29, 1.82) is 0 Å². The van der Waals surface area contributed by atoms with Crippen LogP contribution in [0.5, 0.6) is 23.0 Å². The summed E-state index contributed by atoms with van der Waals surface area (Å²) in [5.41, 5.74) is 1.00. The van der Waals surface area contributed by atoms with Crippen molar-refractivity contribution in [3.05, 3.63) is 42.0 Å². The van der Waals surface area contributed by atoms with Crippen LogP contribution in [0.2, 0.25) is 0 Å². The molecule has 0 heterocycles. The number of ether oxygens (including phenoxy) is 4. The lowest BCUT2D eigenvalue weighted by molar-refractivity contribution is 0.102. The van der Waals surface area contributed by atoms with E-state index in [9.17, 15) is 4.79 Å². The van der Waals surface area contributed by atoms with Gasteiger partial charge in [-0.3, -0.25) is 4.79 Å². The highest BCUT2D eigenvalue weighted by atomic mass is 16.5. The van der Waals surface area contributed by atoms with Crippen LogP contribution < -0.4 is 24.3 Å². The Hall–Kier alpha value is -2.89. The molecule has 0 saturated heterocycles. The molecule has 0 aliphatic carbocycles. The molecule has 0 aliphatic rings. The number of hydrogen-bond donors (Lipinski definition) is 1. The van der Waals surface area contributed by atoms with E-state index in [2.05, 4.69) is 12.2 Å². The largest absolute Gasteiger partial charge is 0.497 e. The van der Waals surface area contributed by atoms with Crippen molar-refractivity contribution in [3.63, 3.8) is 0 Å². The predicted molar refractivity (Wildman–Crippen MR) is 101 cm³/mol. The Kier molecular flexibility index (Phi) is 7.14. The lowest BCUT2D eigenvalue weighted by Crippen LogP contribution is -2.13. The molecule has 0 radical (unpaired) electrons. The number of nitrogens with one attached hydrogen (secondary N) is 1. The number of benzene rings is 2. The van der Waals surface area contributed by atoms with E-state index in [4.69, 9.17) is 18.9 Å². The third-order valence-corrected chi connectivity index (χ3v) is 3.84. The summed E-state index contributed by atoms with van der Waals surface area (Å²) in [5, 5.41) is 2.88. The summed E-state index contributed by atoms with van der Waals surface area (Å²) >= 11 is 0. The first-order valence-electron chi connectivity index (χ1n) is 8.47. The summed E-state index contributed by atoms with van der Waals surface area (Å²) in [6.45, 7) is 2.68. The topological polar surface area (TPSA) is 66.0 Å². The molecule has 1 N–H and O–H groups in total. The van der Waals surface area contributed by atoms with Crippen molar-refractivity contribution in [2.24, 2.45) is 0 Å². The number of methoxy groups -OCH3 is 3. The van der Waals surface area contributed by atoms with Crippen molar-refractivity contribution in [1.82, 2.24) is 0 Å². The summed E-state index contributed by atoms with van der Waals surface area (Å²) in [5.74, 6) is 2.02. The number of amides is 1. The fourth-order valence-corrected chi connectivity index (χ4v) is 2.36. The Balaban J connectivity index is 2.24. The number of rotatable bonds is 9. The average molecular weight is 359 g/mol. The Morgan fingerprint density at radius 1 is 0.923 bits per heavy atom. The lowest BCUT2D eigenvalue weighted by Gasteiger charge is -2.14. The van der Waals surface area contributed by atoms with Gasteiger partial charge < -0.3 is 24.3 Å². The Morgan fingerprint density at radius 2 is 1.65 bits per heavy atom. The SMILES string of the molecule is CCCCOc1ccc(OC)cc1NC(=O)c1ccc(OC)c(OC)c1. The van der Waals surface area contributed by atoms with Gasteiger partial charge in [0.15, 0.2) is 11.5 Å².